The molecule has 2 aliphatic heterocycles. The number of fused-ring (bicyclic) bond motifs is 2. The Bertz CT molecular complexity index is 1490. The molecule has 0 radical (unpaired) electrons. The minimum Gasteiger partial charge on any atom is -0.481 e. The van der Waals surface area contributed by atoms with Crippen molar-refractivity contribution < 1.29 is 24.1 Å². The molecule has 206 valence electrons. The molecule has 0 spiro atoms. The van der Waals surface area contributed by atoms with Crippen molar-refractivity contribution in [2.24, 2.45) is 0 Å². The van der Waals surface area contributed by atoms with Gasteiger partial charge in [-0.1, -0.05) is 42.5 Å². The van der Waals surface area contributed by atoms with Crippen LogP contribution in [0.25, 0.3) is 0 Å². The summed E-state index contributed by atoms with van der Waals surface area (Å²) in [5.41, 5.74) is 4.98. The second kappa shape index (κ2) is 11.7. The first-order valence-corrected chi connectivity index (χ1v) is 13.7. The summed E-state index contributed by atoms with van der Waals surface area (Å²) in [6.45, 7) is 2.12. The number of aromatic nitrogens is 3. The summed E-state index contributed by atoms with van der Waals surface area (Å²) < 4.78 is 19.1. The van der Waals surface area contributed by atoms with Gasteiger partial charge in [0, 0.05) is 30.6 Å². The number of hydrogen-bond acceptors (Lipinski definition) is 7. The van der Waals surface area contributed by atoms with Gasteiger partial charge in [0.1, 0.15) is 5.82 Å². The summed E-state index contributed by atoms with van der Waals surface area (Å²) >= 11 is 0. The lowest BCUT2D eigenvalue weighted by molar-refractivity contribution is -0.137. The highest BCUT2D eigenvalue weighted by Crippen LogP contribution is 2.36. The maximum absolute atomic E-state index is 11.8. The molecule has 0 saturated carbocycles. The summed E-state index contributed by atoms with van der Waals surface area (Å²) in [5, 5.41) is 17.9. The molecule has 9 nitrogen and oxygen atoms in total. The van der Waals surface area contributed by atoms with Crippen LogP contribution < -0.4 is 19.5 Å². The van der Waals surface area contributed by atoms with Crippen molar-refractivity contribution >= 4 is 11.8 Å². The zero-order chi connectivity index (χ0) is 27.3. The van der Waals surface area contributed by atoms with Gasteiger partial charge in [0.25, 0.3) is 0 Å². The fourth-order valence-corrected chi connectivity index (χ4v) is 5.24. The van der Waals surface area contributed by atoms with E-state index in [0.29, 0.717) is 43.4 Å². The maximum atomic E-state index is 11.8. The molecule has 1 atom stereocenters. The zero-order valence-corrected chi connectivity index (χ0v) is 22.2. The van der Waals surface area contributed by atoms with Gasteiger partial charge in [-0.2, -0.15) is 5.10 Å². The summed E-state index contributed by atoms with van der Waals surface area (Å²) in [7, 11) is 0. The van der Waals surface area contributed by atoms with E-state index in [9.17, 15) is 9.90 Å². The van der Waals surface area contributed by atoms with E-state index in [1.165, 1.54) is 5.56 Å². The number of hydrogen-bond donors (Lipinski definition) is 2. The molecule has 0 amide bonds. The Kier molecular flexibility index (Phi) is 7.52. The minimum absolute atomic E-state index is 0.0284. The van der Waals surface area contributed by atoms with Crippen molar-refractivity contribution in [1.29, 1.82) is 0 Å². The van der Waals surface area contributed by atoms with Gasteiger partial charge < -0.3 is 24.6 Å². The first kappa shape index (κ1) is 25.7. The van der Waals surface area contributed by atoms with Crippen LogP contribution in [0.3, 0.4) is 0 Å². The summed E-state index contributed by atoms with van der Waals surface area (Å²) in [5.74, 6) is 1.78. The predicted molar refractivity (Wildman–Crippen MR) is 149 cm³/mol. The molecule has 0 aliphatic carbocycles. The number of carboxylic acids is 1. The lowest BCUT2D eigenvalue weighted by Gasteiger charge is -2.17. The van der Waals surface area contributed by atoms with Gasteiger partial charge in [-0.3, -0.25) is 4.79 Å². The van der Waals surface area contributed by atoms with Crippen molar-refractivity contribution in [3.05, 3.63) is 94.8 Å². The molecule has 1 unspecified atom stereocenters. The lowest BCUT2D eigenvalue weighted by atomic mass is 9.91. The Hall–Kier alpha value is -4.53. The van der Waals surface area contributed by atoms with Crippen LogP contribution >= 0.6 is 0 Å². The van der Waals surface area contributed by atoms with E-state index in [4.69, 9.17) is 24.3 Å². The molecule has 2 aromatic heterocycles. The largest absolute Gasteiger partial charge is 0.481 e. The summed E-state index contributed by atoms with van der Waals surface area (Å²) in [4.78, 5) is 16.5. The molecule has 2 aliphatic rings. The number of anilines is 1. The molecule has 0 saturated heterocycles. The van der Waals surface area contributed by atoms with E-state index < -0.39 is 5.97 Å². The molecule has 4 heterocycles. The number of pyridine rings is 1. The Morgan fingerprint density at radius 2 is 1.93 bits per heavy atom. The highest BCUT2D eigenvalue weighted by molar-refractivity contribution is 5.68. The average Bonchev–Trinajstić information content (AvgIpc) is 3.59. The normalized spacial score (nSPS) is 14.3. The van der Waals surface area contributed by atoms with Gasteiger partial charge in [-0.05, 0) is 54.2 Å². The molecule has 0 bridgehead atoms. The number of carboxylic acid groups (broad SMARTS) is 1. The zero-order valence-electron chi connectivity index (χ0n) is 22.2. The third-order valence-electron chi connectivity index (χ3n) is 7.27. The van der Waals surface area contributed by atoms with Gasteiger partial charge in [-0.15, -0.1) is 0 Å². The quantitative estimate of drug-likeness (QED) is 0.278. The Morgan fingerprint density at radius 1 is 1.05 bits per heavy atom. The first-order chi connectivity index (χ1) is 19.6. The highest BCUT2D eigenvalue weighted by atomic mass is 16.7. The molecule has 9 heteroatoms. The van der Waals surface area contributed by atoms with Gasteiger partial charge in [0.15, 0.2) is 11.5 Å². The van der Waals surface area contributed by atoms with Crippen LogP contribution in [0, 0.1) is 0 Å². The molecule has 2 N–H and O–H groups in total. The smallest absolute Gasteiger partial charge is 0.303 e. The Morgan fingerprint density at radius 3 is 2.80 bits per heavy atom. The fraction of sp³-hybridized carbons (Fsp3) is 0.323. The van der Waals surface area contributed by atoms with E-state index in [0.717, 1.165) is 47.7 Å². The van der Waals surface area contributed by atoms with Crippen LogP contribution in [0.15, 0.2) is 66.7 Å². The van der Waals surface area contributed by atoms with Crippen molar-refractivity contribution in [2.75, 3.05) is 25.3 Å². The van der Waals surface area contributed by atoms with Crippen LogP contribution in [0.4, 0.5) is 5.82 Å². The number of rotatable bonds is 11. The van der Waals surface area contributed by atoms with E-state index in [2.05, 4.69) is 29.6 Å². The molecular formula is C31H32N4O5. The van der Waals surface area contributed by atoms with Crippen LogP contribution in [-0.2, 0) is 30.6 Å². The van der Waals surface area contributed by atoms with Crippen molar-refractivity contribution in [2.45, 2.75) is 44.6 Å². The molecular weight excluding hydrogens is 508 g/mol. The highest BCUT2D eigenvalue weighted by Gasteiger charge is 2.23. The minimum atomic E-state index is -0.866. The van der Waals surface area contributed by atoms with Crippen LogP contribution in [0.5, 0.6) is 17.4 Å². The Labute approximate surface area is 232 Å². The average molecular weight is 541 g/mol. The third kappa shape index (κ3) is 6.03. The van der Waals surface area contributed by atoms with Crippen LogP contribution in [0.1, 0.15) is 46.8 Å². The number of benzene rings is 2. The number of aliphatic carboxylic acids is 1. The summed E-state index contributed by atoms with van der Waals surface area (Å²) in [6.07, 6.45) is 3.27. The number of nitrogens with one attached hydrogen (secondary N) is 1. The summed E-state index contributed by atoms with van der Waals surface area (Å²) in [6, 6.07) is 21.8. The van der Waals surface area contributed by atoms with Gasteiger partial charge >= 0.3 is 5.97 Å². The molecule has 2 aromatic carbocycles. The van der Waals surface area contributed by atoms with E-state index in [1.54, 1.807) is 0 Å². The van der Waals surface area contributed by atoms with Gasteiger partial charge in [0.05, 0.1) is 25.3 Å². The topological polar surface area (TPSA) is 108 Å². The number of carbonyl (C=O) groups is 1. The van der Waals surface area contributed by atoms with Gasteiger partial charge in [-0.25, -0.2) is 9.67 Å². The third-order valence-corrected chi connectivity index (χ3v) is 7.27. The predicted octanol–water partition coefficient (Wildman–Crippen LogP) is 4.84. The molecule has 0 fully saturated rings. The maximum Gasteiger partial charge on any atom is 0.303 e. The first-order valence-electron chi connectivity index (χ1n) is 13.7. The van der Waals surface area contributed by atoms with E-state index in [-0.39, 0.29) is 19.1 Å². The van der Waals surface area contributed by atoms with E-state index >= 15 is 0 Å². The standard InChI is InChI=1S/C31H32N4O5/c36-30(37)17-24(23-9-11-27-28(16-23)40-20-39-27)15-26-18-29(35(34-26)19-21-5-2-1-3-6-21)38-14-12-25-10-8-22-7-4-13-32-31(22)33-25/h1-3,5-6,8-11,16,18,24H,4,7,12-15,17,19-20H2,(H,32,33)(H,36,37). The number of ether oxygens (including phenoxy) is 3. The SMILES string of the molecule is O=C(O)CC(Cc1cc(OCCc2ccc3c(n2)NCCC3)n(Cc2ccccc2)n1)c1ccc2c(c1)OCO2. The molecule has 4 aromatic rings. The van der Waals surface area contributed by atoms with E-state index in [1.807, 2.05) is 47.1 Å². The lowest BCUT2D eigenvalue weighted by Crippen LogP contribution is -2.15. The monoisotopic (exact) mass is 540 g/mol. The second-order valence-corrected chi connectivity index (χ2v) is 10.2. The fourth-order valence-electron chi connectivity index (χ4n) is 5.24. The van der Waals surface area contributed by atoms with Crippen LogP contribution in [-0.4, -0.2) is 45.8 Å². The second-order valence-electron chi connectivity index (χ2n) is 10.2. The van der Waals surface area contributed by atoms with Gasteiger partial charge in [0.2, 0.25) is 12.7 Å². The molecule has 40 heavy (non-hydrogen) atoms. The molecule has 6 rings (SSSR count). The number of aryl methyl sites for hydroxylation is 1. The van der Waals surface area contributed by atoms with Crippen molar-refractivity contribution in [3.8, 4) is 17.4 Å². The number of nitrogens with zero attached hydrogens (tertiary/aromatic N) is 3. The van der Waals surface area contributed by atoms with Crippen molar-refractivity contribution in [3.63, 3.8) is 0 Å². The van der Waals surface area contributed by atoms with Crippen LogP contribution in [0.2, 0.25) is 0 Å². The van der Waals surface area contributed by atoms with Crippen molar-refractivity contribution in [1.82, 2.24) is 14.8 Å². The Balaban J connectivity index is 1.21.